The van der Waals surface area contributed by atoms with Crippen LogP contribution in [0, 0.1) is 5.82 Å². The Morgan fingerprint density at radius 3 is 2.57 bits per heavy atom. The third-order valence-electron chi connectivity index (χ3n) is 4.47. The second-order valence-electron chi connectivity index (χ2n) is 6.13. The van der Waals surface area contributed by atoms with E-state index in [1.807, 2.05) is 0 Å². The van der Waals surface area contributed by atoms with Crippen LogP contribution in [0.4, 0.5) is 4.39 Å². The van der Waals surface area contributed by atoms with Crippen LogP contribution in [0.5, 0.6) is 0 Å². The van der Waals surface area contributed by atoms with E-state index in [2.05, 4.69) is 5.32 Å². The van der Waals surface area contributed by atoms with Crippen LogP contribution in [0.25, 0.3) is 0 Å². The predicted octanol–water partition coefficient (Wildman–Crippen LogP) is 3.01. The van der Waals surface area contributed by atoms with Crippen molar-refractivity contribution in [2.45, 2.75) is 64.6 Å². The zero-order chi connectivity index (χ0) is 16.8. The van der Waals surface area contributed by atoms with Crippen molar-refractivity contribution in [1.82, 2.24) is 10.2 Å². The van der Waals surface area contributed by atoms with Crippen molar-refractivity contribution in [1.29, 1.82) is 0 Å². The number of amides is 2. The Morgan fingerprint density at radius 2 is 1.96 bits per heavy atom. The zero-order valence-corrected chi connectivity index (χ0v) is 13.8. The molecule has 0 unspecified atom stereocenters. The molecule has 0 radical (unpaired) electrons. The second-order valence-corrected chi connectivity index (χ2v) is 6.13. The molecule has 2 amide bonds. The van der Waals surface area contributed by atoms with Crippen molar-refractivity contribution in [2.24, 2.45) is 0 Å². The van der Waals surface area contributed by atoms with Crippen molar-refractivity contribution < 1.29 is 14.0 Å². The molecule has 1 N–H and O–H groups in total. The van der Waals surface area contributed by atoms with Gasteiger partial charge in [0.25, 0.3) is 0 Å². The molecular formula is C18H25FN2O2. The molecule has 1 aliphatic rings. The van der Waals surface area contributed by atoms with E-state index < -0.39 is 6.04 Å². The lowest BCUT2D eigenvalue weighted by Gasteiger charge is -2.29. The first kappa shape index (κ1) is 17.4. The number of hydrogen-bond donors (Lipinski definition) is 1. The highest BCUT2D eigenvalue weighted by atomic mass is 19.1. The van der Waals surface area contributed by atoms with Crippen LogP contribution in [0.3, 0.4) is 0 Å². The quantitative estimate of drug-likeness (QED) is 0.876. The summed E-state index contributed by atoms with van der Waals surface area (Å²) in [6.45, 7) is 3.57. The fourth-order valence-electron chi connectivity index (χ4n) is 2.99. The monoisotopic (exact) mass is 320 g/mol. The van der Waals surface area contributed by atoms with E-state index in [1.165, 1.54) is 11.0 Å². The van der Waals surface area contributed by atoms with E-state index in [1.54, 1.807) is 32.0 Å². The molecule has 0 spiro atoms. The first-order valence-corrected chi connectivity index (χ1v) is 8.36. The standard InChI is InChI=1S/C18H25FN2O2/c1-3-17(22)21(12-14-8-4-7-11-16(14)19)13(2)18(23)20-15-9-5-6-10-15/h4,7-8,11,13,15H,3,5-6,9-10,12H2,1-2H3,(H,20,23)/t13-/m1/s1. The van der Waals surface area contributed by atoms with Crippen LogP contribution in [0.2, 0.25) is 0 Å². The highest BCUT2D eigenvalue weighted by molar-refractivity contribution is 5.87. The number of benzene rings is 1. The smallest absolute Gasteiger partial charge is 0.242 e. The lowest BCUT2D eigenvalue weighted by atomic mass is 10.1. The Balaban J connectivity index is 2.08. The Hall–Kier alpha value is -1.91. The average Bonchev–Trinajstić information content (AvgIpc) is 3.05. The lowest BCUT2D eigenvalue weighted by molar-refractivity contribution is -0.140. The van der Waals surface area contributed by atoms with Gasteiger partial charge in [0.05, 0.1) is 0 Å². The fourth-order valence-corrected chi connectivity index (χ4v) is 2.99. The molecule has 1 aromatic rings. The first-order chi connectivity index (χ1) is 11.0. The Labute approximate surface area is 137 Å². The maximum Gasteiger partial charge on any atom is 0.242 e. The SMILES string of the molecule is CCC(=O)N(Cc1ccccc1F)[C@H](C)C(=O)NC1CCCC1. The number of nitrogens with zero attached hydrogens (tertiary/aromatic N) is 1. The van der Waals surface area contributed by atoms with Crippen LogP contribution in [0.15, 0.2) is 24.3 Å². The topological polar surface area (TPSA) is 49.4 Å². The summed E-state index contributed by atoms with van der Waals surface area (Å²) >= 11 is 0. The summed E-state index contributed by atoms with van der Waals surface area (Å²) in [7, 11) is 0. The maximum atomic E-state index is 13.9. The molecule has 126 valence electrons. The van der Waals surface area contributed by atoms with Gasteiger partial charge in [0.1, 0.15) is 11.9 Å². The van der Waals surface area contributed by atoms with Crippen LogP contribution in [0.1, 0.15) is 51.5 Å². The third kappa shape index (κ3) is 4.53. The van der Waals surface area contributed by atoms with E-state index in [0.29, 0.717) is 5.56 Å². The molecule has 0 bridgehead atoms. The van der Waals surface area contributed by atoms with Gasteiger partial charge in [-0.15, -0.1) is 0 Å². The van der Waals surface area contributed by atoms with E-state index >= 15 is 0 Å². The Bertz CT molecular complexity index is 556. The minimum atomic E-state index is -0.609. The molecular weight excluding hydrogens is 295 g/mol. The van der Waals surface area contributed by atoms with Gasteiger partial charge in [0.15, 0.2) is 0 Å². The minimum absolute atomic E-state index is 0.110. The first-order valence-electron chi connectivity index (χ1n) is 8.36. The Morgan fingerprint density at radius 1 is 1.30 bits per heavy atom. The number of rotatable bonds is 6. The summed E-state index contributed by atoms with van der Waals surface area (Å²) in [5.74, 6) is -0.665. The number of halogens is 1. The molecule has 1 aromatic carbocycles. The van der Waals surface area contributed by atoms with Crippen LogP contribution in [-0.4, -0.2) is 28.8 Å². The number of carbonyl (C=O) groups is 2. The number of carbonyl (C=O) groups excluding carboxylic acids is 2. The lowest BCUT2D eigenvalue weighted by Crippen LogP contribution is -2.49. The van der Waals surface area contributed by atoms with E-state index in [-0.39, 0.29) is 36.6 Å². The molecule has 1 aliphatic carbocycles. The van der Waals surface area contributed by atoms with Crippen LogP contribution < -0.4 is 5.32 Å². The van der Waals surface area contributed by atoms with Gasteiger partial charge < -0.3 is 10.2 Å². The van der Waals surface area contributed by atoms with Gasteiger partial charge in [-0.25, -0.2) is 4.39 Å². The summed E-state index contributed by atoms with van der Waals surface area (Å²) in [6.07, 6.45) is 4.54. The molecule has 1 saturated carbocycles. The highest BCUT2D eigenvalue weighted by Crippen LogP contribution is 2.19. The molecule has 23 heavy (non-hydrogen) atoms. The van der Waals surface area contributed by atoms with E-state index in [4.69, 9.17) is 0 Å². The van der Waals surface area contributed by atoms with E-state index in [0.717, 1.165) is 25.7 Å². The summed E-state index contributed by atoms with van der Waals surface area (Å²) in [4.78, 5) is 26.1. The van der Waals surface area contributed by atoms with Gasteiger partial charge in [-0.3, -0.25) is 9.59 Å². The van der Waals surface area contributed by atoms with Gasteiger partial charge in [-0.05, 0) is 25.8 Å². The normalized spacial score (nSPS) is 16.1. The van der Waals surface area contributed by atoms with Gasteiger partial charge in [-0.1, -0.05) is 38.0 Å². The van der Waals surface area contributed by atoms with E-state index in [9.17, 15) is 14.0 Å². The molecule has 0 heterocycles. The minimum Gasteiger partial charge on any atom is -0.352 e. The van der Waals surface area contributed by atoms with Crippen molar-refractivity contribution in [3.05, 3.63) is 35.6 Å². The summed E-state index contributed by atoms with van der Waals surface area (Å²) in [5.41, 5.74) is 0.426. The van der Waals surface area contributed by atoms with Gasteiger partial charge in [0.2, 0.25) is 11.8 Å². The summed E-state index contributed by atoms with van der Waals surface area (Å²) < 4.78 is 13.9. The molecule has 5 heteroatoms. The zero-order valence-electron chi connectivity index (χ0n) is 13.8. The third-order valence-corrected chi connectivity index (χ3v) is 4.47. The Kier molecular flexibility index (Phi) is 6.13. The molecule has 4 nitrogen and oxygen atoms in total. The molecule has 1 fully saturated rings. The van der Waals surface area contributed by atoms with Crippen molar-refractivity contribution >= 4 is 11.8 Å². The van der Waals surface area contributed by atoms with Crippen molar-refractivity contribution in [2.75, 3.05) is 0 Å². The van der Waals surface area contributed by atoms with Crippen molar-refractivity contribution in [3.8, 4) is 0 Å². The van der Waals surface area contributed by atoms with Gasteiger partial charge in [0, 0.05) is 24.6 Å². The molecule has 0 aromatic heterocycles. The predicted molar refractivity (Wildman–Crippen MR) is 87.1 cm³/mol. The number of hydrogen-bond acceptors (Lipinski definition) is 2. The molecule has 2 rings (SSSR count). The van der Waals surface area contributed by atoms with Crippen LogP contribution >= 0.6 is 0 Å². The molecule has 1 atom stereocenters. The van der Waals surface area contributed by atoms with Crippen molar-refractivity contribution in [3.63, 3.8) is 0 Å². The van der Waals surface area contributed by atoms with Gasteiger partial charge >= 0.3 is 0 Å². The average molecular weight is 320 g/mol. The number of nitrogens with one attached hydrogen (secondary N) is 1. The summed E-state index contributed by atoms with van der Waals surface area (Å²) in [5, 5.41) is 3.01. The second kappa shape index (κ2) is 8.09. The fraction of sp³-hybridized carbons (Fsp3) is 0.556. The summed E-state index contributed by atoms with van der Waals surface area (Å²) in [6, 6.07) is 5.96. The molecule has 0 aliphatic heterocycles. The largest absolute Gasteiger partial charge is 0.352 e. The molecule has 0 saturated heterocycles. The maximum absolute atomic E-state index is 13.9. The highest BCUT2D eigenvalue weighted by Gasteiger charge is 2.28. The van der Waals surface area contributed by atoms with Crippen LogP contribution in [-0.2, 0) is 16.1 Å². The van der Waals surface area contributed by atoms with Gasteiger partial charge in [-0.2, -0.15) is 0 Å².